The molecule has 0 aliphatic carbocycles. The molecule has 7 heteroatoms. The summed E-state index contributed by atoms with van der Waals surface area (Å²) in [7, 11) is 0. The predicted octanol–water partition coefficient (Wildman–Crippen LogP) is 3.01. The summed E-state index contributed by atoms with van der Waals surface area (Å²) >= 11 is 0. The fourth-order valence-electron chi connectivity index (χ4n) is 2.97. The number of hydrogen-bond donors (Lipinski definition) is 1. The molecule has 27 heavy (non-hydrogen) atoms. The van der Waals surface area contributed by atoms with Crippen molar-refractivity contribution < 1.29 is 14.3 Å². The minimum Gasteiger partial charge on any atom is -0.393 e. The number of carbonyl (C=O) groups excluding carboxylic acids is 2. The summed E-state index contributed by atoms with van der Waals surface area (Å²) < 4.78 is 6.77. The first-order valence-electron chi connectivity index (χ1n) is 8.76. The number of aromatic nitrogens is 4. The van der Waals surface area contributed by atoms with Crippen LogP contribution in [-0.2, 0) is 27.3 Å². The van der Waals surface area contributed by atoms with Gasteiger partial charge in [0.2, 0.25) is 0 Å². The van der Waals surface area contributed by atoms with Gasteiger partial charge < -0.3 is 14.3 Å². The molecule has 0 aliphatic heterocycles. The number of ether oxygens (including phenoxy) is 1. The number of fused-ring (bicyclic) bond motifs is 2. The number of H-pyrrole nitrogens is 1. The molecule has 4 rings (SSSR count). The highest BCUT2D eigenvalue weighted by Crippen LogP contribution is 2.13. The van der Waals surface area contributed by atoms with E-state index in [0.29, 0.717) is 18.8 Å². The monoisotopic (exact) mass is 362 g/mol. The molecule has 0 fully saturated rings. The molecule has 0 saturated heterocycles. The van der Waals surface area contributed by atoms with Crippen molar-refractivity contribution in [2.75, 3.05) is 0 Å². The van der Waals surface area contributed by atoms with Crippen LogP contribution in [0.2, 0.25) is 0 Å². The molecule has 0 bridgehead atoms. The lowest BCUT2D eigenvalue weighted by molar-refractivity contribution is -0.159. The average Bonchev–Trinajstić information content (AvgIpc) is 3.28. The molecule has 1 N–H and O–H groups in total. The molecule has 0 atom stereocenters. The van der Waals surface area contributed by atoms with Gasteiger partial charge in [0.25, 0.3) is 0 Å². The van der Waals surface area contributed by atoms with Crippen molar-refractivity contribution in [3.8, 4) is 0 Å². The topological polar surface area (TPSA) is 89.9 Å². The third kappa shape index (κ3) is 3.87. The van der Waals surface area contributed by atoms with Crippen LogP contribution < -0.4 is 0 Å². The SMILES string of the molecule is O=C(CCc1nc2ccccc2[nH]1)OC(=O)CCn1cnc2ccccc21. The number of esters is 2. The zero-order valence-corrected chi connectivity index (χ0v) is 14.6. The average molecular weight is 362 g/mol. The van der Waals surface area contributed by atoms with Crippen LogP contribution in [0.3, 0.4) is 0 Å². The highest BCUT2D eigenvalue weighted by Gasteiger charge is 2.13. The van der Waals surface area contributed by atoms with Crippen LogP contribution in [0.4, 0.5) is 0 Å². The molecular weight excluding hydrogens is 344 g/mol. The standard InChI is InChI=1S/C20H18N4O3/c25-19(10-9-18-22-14-5-1-2-6-15(14)23-18)27-20(26)11-12-24-13-21-16-7-3-4-8-17(16)24/h1-8,13H,9-12H2,(H,22,23). The van der Waals surface area contributed by atoms with Crippen molar-refractivity contribution in [1.29, 1.82) is 0 Å². The number of imidazole rings is 2. The lowest BCUT2D eigenvalue weighted by Gasteiger charge is -2.04. The van der Waals surface area contributed by atoms with Crippen molar-refractivity contribution in [2.45, 2.75) is 25.8 Å². The smallest absolute Gasteiger partial charge is 0.315 e. The lowest BCUT2D eigenvalue weighted by Crippen LogP contribution is -2.15. The van der Waals surface area contributed by atoms with E-state index in [1.54, 1.807) is 6.33 Å². The van der Waals surface area contributed by atoms with Crippen LogP contribution in [0.5, 0.6) is 0 Å². The first kappa shape index (κ1) is 17.0. The molecule has 4 aromatic rings. The maximum absolute atomic E-state index is 11.9. The number of aryl methyl sites for hydroxylation is 2. The number of para-hydroxylation sites is 4. The normalized spacial score (nSPS) is 11.1. The van der Waals surface area contributed by atoms with Crippen LogP contribution in [0.1, 0.15) is 18.7 Å². The number of nitrogens with zero attached hydrogens (tertiary/aromatic N) is 3. The van der Waals surface area contributed by atoms with E-state index in [0.717, 1.165) is 22.1 Å². The van der Waals surface area contributed by atoms with Gasteiger partial charge in [0, 0.05) is 13.0 Å². The third-order valence-electron chi connectivity index (χ3n) is 4.32. The Morgan fingerprint density at radius 1 is 0.963 bits per heavy atom. The Kier molecular flexibility index (Phi) is 4.65. The van der Waals surface area contributed by atoms with E-state index in [4.69, 9.17) is 4.74 Å². The van der Waals surface area contributed by atoms with Gasteiger partial charge in [-0.25, -0.2) is 9.97 Å². The molecule has 0 saturated carbocycles. The zero-order valence-electron chi connectivity index (χ0n) is 14.6. The summed E-state index contributed by atoms with van der Waals surface area (Å²) in [5, 5.41) is 0. The van der Waals surface area contributed by atoms with Crippen LogP contribution in [0.25, 0.3) is 22.1 Å². The summed E-state index contributed by atoms with van der Waals surface area (Å²) in [4.78, 5) is 35.7. The van der Waals surface area contributed by atoms with E-state index >= 15 is 0 Å². The molecule has 0 unspecified atom stereocenters. The second-order valence-corrected chi connectivity index (χ2v) is 6.22. The summed E-state index contributed by atoms with van der Waals surface area (Å²) in [6.07, 6.45) is 2.28. The molecule has 0 amide bonds. The van der Waals surface area contributed by atoms with Gasteiger partial charge in [-0.15, -0.1) is 0 Å². The van der Waals surface area contributed by atoms with Crippen LogP contribution in [0, 0.1) is 0 Å². The van der Waals surface area contributed by atoms with Crippen molar-refractivity contribution >= 4 is 34.0 Å². The van der Waals surface area contributed by atoms with E-state index < -0.39 is 11.9 Å². The van der Waals surface area contributed by atoms with E-state index in [2.05, 4.69) is 15.0 Å². The Bertz CT molecular complexity index is 1080. The molecule has 0 spiro atoms. The fraction of sp³-hybridized carbons (Fsp3) is 0.200. The van der Waals surface area contributed by atoms with E-state index in [9.17, 15) is 9.59 Å². The number of hydrogen-bond acceptors (Lipinski definition) is 5. The van der Waals surface area contributed by atoms with Gasteiger partial charge in [-0.1, -0.05) is 24.3 Å². The predicted molar refractivity (Wildman–Crippen MR) is 99.9 cm³/mol. The number of aromatic amines is 1. The molecule has 2 heterocycles. The highest BCUT2D eigenvalue weighted by molar-refractivity contribution is 5.85. The van der Waals surface area contributed by atoms with Gasteiger partial charge in [-0.3, -0.25) is 9.59 Å². The van der Waals surface area contributed by atoms with Crippen LogP contribution in [0.15, 0.2) is 54.9 Å². The number of carbonyl (C=O) groups is 2. The second-order valence-electron chi connectivity index (χ2n) is 6.22. The van der Waals surface area contributed by atoms with Gasteiger partial charge in [-0.2, -0.15) is 0 Å². The Morgan fingerprint density at radius 3 is 2.56 bits per heavy atom. The quantitative estimate of drug-likeness (QED) is 0.421. The minimum absolute atomic E-state index is 0.0968. The zero-order chi connectivity index (χ0) is 18.6. The Morgan fingerprint density at radius 2 is 1.70 bits per heavy atom. The fourth-order valence-corrected chi connectivity index (χ4v) is 2.97. The van der Waals surface area contributed by atoms with Crippen LogP contribution in [-0.4, -0.2) is 31.5 Å². The second kappa shape index (κ2) is 7.41. The van der Waals surface area contributed by atoms with Crippen molar-refractivity contribution in [3.05, 3.63) is 60.7 Å². The highest BCUT2D eigenvalue weighted by atomic mass is 16.6. The van der Waals surface area contributed by atoms with Gasteiger partial charge in [-0.05, 0) is 24.3 Å². The Balaban J connectivity index is 1.27. The number of rotatable bonds is 6. The van der Waals surface area contributed by atoms with Crippen molar-refractivity contribution in [3.63, 3.8) is 0 Å². The summed E-state index contributed by atoms with van der Waals surface area (Å²) in [5.74, 6) is -0.385. The summed E-state index contributed by atoms with van der Waals surface area (Å²) in [5.41, 5.74) is 3.59. The molecular formula is C20H18N4O3. The Labute approximate surface area is 155 Å². The van der Waals surface area contributed by atoms with Crippen molar-refractivity contribution in [2.24, 2.45) is 0 Å². The number of benzene rings is 2. The molecule has 0 aliphatic rings. The first-order valence-corrected chi connectivity index (χ1v) is 8.76. The van der Waals surface area contributed by atoms with E-state index in [-0.39, 0.29) is 12.8 Å². The maximum atomic E-state index is 11.9. The largest absolute Gasteiger partial charge is 0.393 e. The Hall–Kier alpha value is -3.48. The molecule has 2 aromatic carbocycles. The minimum atomic E-state index is -0.545. The van der Waals surface area contributed by atoms with Gasteiger partial charge in [0.1, 0.15) is 5.82 Å². The van der Waals surface area contributed by atoms with Crippen molar-refractivity contribution in [1.82, 2.24) is 19.5 Å². The van der Waals surface area contributed by atoms with E-state index in [1.807, 2.05) is 53.1 Å². The molecule has 7 nitrogen and oxygen atoms in total. The van der Waals surface area contributed by atoms with E-state index in [1.165, 1.54) is 0 Å². The lowest BCUT2D eigenvalue weighted by atomic mass is 10.3. The summed E-state index contributed by atoms with van der Waals surface area (Å²) in [6, 6.07) is 15.3. The van der Waals surface area contributed by atoms with Gasteiger partial charge >= 0.3 is 11.9 Å². The first-order chi connectivity index (χ1) is 13.2. The van der Waals surface area contributed by atoms with Gasteiger partial charge in [0.15, 0.2) is 0 Å². The van der Waals surface area contributed by atoms with Gasteiger partial charge in [0.05, 0.1) is 41.2 Å². The summed E-state index contributed by atoms with van der Waals surface area (Å²) in [6.45, 7) is 0.413. The van der Waals surface area contributed by atoms with Crippen LogP contribution >= 0.6 is 0 Å². The molecule has 136 valence electrons. The molecule has 0 radical (unpaired) electrons. The molecule has 2 aromatic heterocycles. The maximum Gasteiger partial charge on any atom is 0.315 e. The number of nitrogens with one attached hydrogen (secondary N) is 1. The third-order valence-corrected chi connectivity index (χ3v) is 4.32.